The molecule has 2 atom stereocenters. The van der Waals surface area contributed by atoms with Crippen molar-refractivity contribution in [1.82, 2.24) is 9.88 Å². The standard InChI is InChI=1S/C12H12ClN3O5/c1-6-4-15(5-9(6)12(18)19)11(17)8-2-7(16(20)21)3-14-10(8)13/h2-3,6,9H,4-5H2,1H3,(H,18,19). The maximum absolute atomic E-state index is 12.3. The highest BCUT2D eigenvalue weighted by molar-refractivity contribution is 6.32. The van der Waals surface area contributed by atoms with Gasteiger partial charge >= 0.3 is 5.97 Å². The molecule has 112 valence electrons. The first-order valence-electron chi connectivity index (χ1n) is 6.13. The Balaban J connectivity index is 2.27. The maximum Gasteiger partial charge on any atom is 0.308 e. The normalized spacial score (nSPS) is 21.3. The zero-order valence-electron chi connectivity index (χ0n) is 11.0. The number of aliphatic carboxylic acids is 1. The van der Waals surface area contributed by atoms with E-state index in [0.29, 0.717) is 0 Å². The quantitative estimate of drug-likeness (QED) is 0.513. The van der Waals surface area contributed by atoms with Crippen LogP contribution in [-0.4, -0.2) is 44.9 Å². The van der Waals surface area contributed by atoms with Gasteiger partial charge in [0.2, 0.25) is 0 Å². The van der Waals surface area contributed by atoms with Crippen molar-refractivity contribution in [1.29, 1.82) is 0 Å². The van der Waals surface area contributed by atoms with E-state index in [0.717, 1.165) is 12.3 Å². The van der Waals surface area contributed by atoms with Crippen molar-refractivity contribution in [2.24, 2.45) is 11.8 Å². The summed E-state index contributed by atoms with van der Waals surface area (Å²) in [5.74, 6) is -2.37. The fourth-order valence-corrected chi connectivity index (χ4v) is 2.50. The summed E-state index contributed by atoms with van der Waals surface area (Å²) in [6, 6.07) is 1.05. The molecule has 0 radical (unpaired) electrons. The lowest BCUT2D eigenvalue weighted by Crippen LogP contribution is -2.30. The monoisotopic (exact) mass is 313 g/mol. The number of amides is 1. The lowest BCUT2D eigenvalue weighted by molar-refractivity contribution is -0.385. The van der Waals surface area contributed by atoms with Crippen molar-refractivity contribution < 1.29 is 19.6 Å². The van der Waals surface area contributed by atoms with Crippen molar-refractivity contribution in [3.8, 4) is 0 Å². The van der Waals surface area contributed by atoms with Gasteiger partial charge in [-0.15, -0.1) is 0 Å². The first-order valence-corrected chi connectivity index (χ1v) is 6.51. The number of nitrogens with zero attached hydrogens (tertiary/aromatic N) is 3. The van der Waals surface area contributed by atoms with Crippen LogP contribution in [0.15, 0.2) is 12.3 Å². The predicted molar refractivity (Wildman–Crippen MR) is 72.1 cm³/mol. The largest absolute Gasteiger partial charge is 0.481 e. The summed E-state index contributed by atoms with van der Waals surface area (Å²) in [5, 5.41) is 19.6. The molecule has 21 heavy (non-hydrogen) atoms. The van der Waals surface area contributed by atoms with Crippen LogP contribution in [0.2, 0.25) is 5.15 Å². The average molecular weight is 314 g/mol. The topological polar surface area (TPSA) is 114 Å². The number of carbonyl (C=O) groups is 2. The summed E-state index contributed by atoms with van der Waals surface area (Å²) >= 11 is 5.81. The Morgan fingerprint density at radius 2 is 2.19 bits per heavy atom. The number of hydrogen-bond donors (Lipinski definition) is 1. The van der Waals surface area contributed by atoms with Crippen LogP contribution in [0.4, 0.5) is 5.69 Å². The maximum atomic E-state index is 12.3. The van der Waals surface area contributed by atoms with Crippen LogP contribution in [0.5, 0.6) is 0 Å². The fraction of sp³-hybridized carbons (Fsp3) is 0.417. The molecule has 0 aromatic carbocycles. The number of carboxylic acids is 1. The Labute approximate surface area is 124 Å². The molecule has 1 aliphatic heterocycles. The molecule has 0 saturated carbocycles. The van der Waals surface area contributed by atoms with Gasteiger partial charge in [0.15, 0.2) is 0 Å². The predicted octanol–water partition coefficient (Wildman–Crippen LogP) is 1.44. The Hall–Kier alpha value is -2.22. The SMILES string of the molecule is CC1CN(C(=O)c2cc([N+](=O)[O-])cnc2Cl)CC1C(=O)O. The minimum Gasteiger partial charge on any atom is -0.481 e. The van der Waals surface area contributed by atoms with E-state index < -0.39 is 22.7 Å². The van der Waals surface area contributed by atoms with Crippen LogP contribution < -0.4 is 0 Å². The van der Waals surface area contributed by atoms with Gasteiger partial charge in [-0.3, -0.25) is 19.7 Å². The Bertz CT molecular complexity index is 621. The smallest absolute Gasteiger partial charge is 0.308 e. The van der Waals surface area contributed by atoms with E-state index in [1.54, 1.807) is 6.92 Å². The second-order valence-corrected chi connectivity index (χ2v) is 5.28. The molecule has 2 unspecified atom stereocenters. The summed E-state index contributed by atoms with van der Waals surface area (Å²) in [6.45, 7) is 2.04. The molecular formula is C12H12ClN3O5. The molecule has 1 fully saturated rings. The highest BCUT2D eigenvalue weighted by atomic mass is 35.5. The number of carbonyl (C=O) groups excluding carboxylic acids is 1. The van der Waals surface area contributed by atoms with Crippen LogP contribution in [0, 0.1) is 22.0 Å². The van der Waals surface area contributed by atoms with Gasteiger partial charge in [-0.05, 0) is 5.92 Å². The molecule has 1 aromatic heterocycles. The summed E-state index contributed by atoms with van der Waals surface area (Å²) in [7, 11) is 0. The van der Waals surface area contributed by atoms with Gasteiger partial charge in [-0.2, -0.15) is 0 Å². The number of likely N-dealkylation sites (tertiary alicyclic amines) is 1. The minimum absolute atomic E-state index is 0.0500. The van der Waals surface area contributed by atoms with Crippen molar-refractivity contribution in [3.63, 3.8) is 0 Å². The average Bonchev–Trinajstić information content (AvgIpc) is 2.80. The van der Waals surface area contributed by atoms with Gasteiger partial charge in [-0.1, -0.05) is 18.5 Å². The third-order valence-corrected chi connectivity index (χ3v) is 3.78. The molecule has 1 N–H and O–H groups in total. The second-order valence-electron chi connectivity index (χ2n) is 4.92. The molecule has 1 aliphatic rings. The van der Waals surface area contributed by atoms with E-state index in [2.05, 4.69) is 4.98 Å². The van der Waals surface area contributed by atoms with Gasteiger partial charge in [0, 0.05) is 19.2 Å². The zero-order chi connectivity index (χ0) is 15.7. The van der Waals surface area contributed by atoms with E-state index in [9.17, 15) is 19.7 Å². The molecule has 0 bridgehead atoms. The van der Waals surface area contributed by atoms with Gasteiger partial charge < -0.3 is 10.0 Å². The van der Waals surface area contributed by atoms with Gasteiger partial charge in [0.05, 0.1) is 16.4 Å². The lowest BCUT2D eigenvalue weighted by atomic mass is 9.99. The third kappa shape index (κ3) is 2.94. The Kier molecular flexibility index (Phi) is 4.08. The van der Waals surface area contributed by atoms with E-state index in [-0.39, 0.29) is 35.4 Å². The second kappa shape index (κ2) is 5.65. The van der Waals surface area contributed by atoms with E-state index >= 15 is 0 Å². The van der Waals surface area contributed by atoms with Crippen molar-refractivity contribution in [3.05, 3.63) is 33.1 Å². The van der Waals surface area contributed by atoms with Gasteiger partial charge in [0.1, 0.15) is 11.3 Å². The van der Waals surface area contributed by atoms with E-state index in [1.165, 1.54) is 4.90 Å². The van der Waals surface area contributed by atoms with Crippen LogP contribution in [0.1, 0.15) is 17.3 Å². The number of carboxylic acid groups (broad SMARTS) is 1. The Morgan fingerprint density at radius 3 is 2.71 bits per heavy atom. The number of aromatic nitrogens is 1. The highest BCUT2D eigenvalue weighted by Gasteiger charge is 2.38. The minimum atomic E-state index is -0.971. The van der Waals surface area contributed by atoms with E-state index in [4.69, 9.17) is 16.7 Å². The summed E-state index contributed by atoms with van der Waals surface area (Å²) in [6.07, 6.45) is 0.964. The molecule has 9 heteroatoms. The van der Waals surface area contributed by atoms with Crippen molar-refractivity contribution in [2.75, 3.05) is 13.1 Å². The molecule has 0 spiro atoms. The fourth-order valence-electron chi connectivity index (χ4n) is 2.31. The third-order valence-electron chi connectivity index (χ3n) is 3.48. The van der Waals surface area contributed by atoms with Crippen LogP contribution in [0.3, 0.4) is 0 Å². The molecular weight excluding hydrogens is 302 g/mol. The summed E-state index contributed by atoms with van der Waals surface area (Å²) in [4.78, 5) is 38.4. The molecule has 0 aliphatic carbocycles. The van der Waals surface area contributed by atoms with Crippen LogP contribution in [0.25, 0.3) is 0 Å². The molecule has 2 rings (SSSR count). The Morgan fingerprint density at radius 1 is 1.52 bits per heavy atom. The summed E-state index contributed by atoms with van der Waals surface area (Å²) in [5.41, 5.74) is -0.436. The number of halogens is 1. The zero-order valence-corrected chi connectivity index (χ0v) is 11.8. The lowest BCUT2D eigenvalue weighted by Gasteiger charge is -2.16. The van der Waals surface area contributed by atoms with Crippen LogP contribution >= 0.6 is 11.6 Å². The number of hydrogen-bond acceptors (Lipinski definition) is 5. The van der Waals surface area contributed by atoms with E-state index in [1.807, 2.05) is 0 Å². The van der Waals surface area contributed by atoms with Crippen molar-refractivity contribution >= 4 is 29.2 Å². The van der Waals surface area contributed by atoms with Crippen molar-refractivity contribution in [2.45, 2.75) is 6.92 Å². The first kappa shape index (κ1) is 15.2. The highest BCUT2D eigenvalue weighted by Crippen LogP contribution is 2.27. The molecule has 1 amide bonds. The molecule has 8 nitrogen and oxygen atoms in total. The number of rotatable bonds is 3. The summed E-state index contributed by atoms with van der Waals surface area (Å²) < 4.78 is 0. The molecule has 1 aromatic rings. The van der Waals surface area contributed by atoms with Gasteiger partial charge in [-0.25, -0.2) is 4.98 Å². The number of pyridine rings is 1. The number of nitro groups is 1. The first-order chi connectivity index (χ1) is 9.81. The molecule has 2 heterocycles. The molecule has 1 saturated heterocycles. The van der Waals surface area contributed by atoms with Crippen LogP contribution in [-0.2, 0) is 4.79 Å². The van der Waals surface area contributed by atoms with Gasteiger partial charge in [0.25, 0.3) is 11.6 Å².